The third-order valence-corrected chi connectivity index (χ3v) is 4.94. The van der Waals surface area contributed by atoms with Crippen LogP contribution in [0.1, 0.15) is 30.2 Å². The average molecular weight is 362 g/mol. The van der Waals surface area contributed by atoms with Crippen molar-refractivity contribution in [3.05, 3.63) is 47.7 Å². The number of aromatic nitrogens is 4. The molecule has 0 saturated carbocycles. The van der Waals surface area contributed by atoms with Gasteiger partial charge in [0.15, 0.2) is 0 Å². The van der Waals surface area contributed by atoms with E-state index < -0.39 is 0 Å². The molecule has 0 radical (unpaired) electrons. The molecule has 0 aliphatic carbocycles. The van der Waals surface area contributed by atoms with Gasteiger partial charge in [-0.05, 0) is 31.9 Å². The van der Waals surface area contributed by atoms with Crippen molar-refractivity contribution in [3.8, 4) is 0 Å². The molecular weight excluding hydrogens is 336 g/mol. The van der Waals surface area contributed by atoms with E-state index in [2.05, 4.69) is 22.0 Å². The van der Waals surface area contributed by atoms with Crippen LogP contribution in [0, 0.1) is 6.92 Å². The van der Waals surface area contributed by atoms with E-state index in [-0.39, 0.29) is 0 Å². The third kappa shape index (κ3) is 3.84. The van der Waals surface area contributed by atoms with Gasteiger partial charge < -0.3 is 9.80 Å². The van der Waals surface area contributed by atoms with Gasteiger partial charge >= 0.3 is 0 Å². The molecule has 1 aliphatic heterocycles. The number of anilines is 2. The minimum atomic E-state index is 0.731. The van der Waals surface area contributed by atoms with E-state index in [1.165, 1.54) is 12.8 Å². The second kappa shape index (κ2) is 7.47. The van der Waals surface area contributed by atoms with Crippen molar-refractivity contribution in [1.29, 1.82) is 0 Å². The molecule has 1 saturated heterocycles. The van der Waals surface area contributed by atoms with Crippen molar-refractivity contribution in [3.63, 3.8) is 0 Å². The fourth-order valence-corrected chi connectivity index (χ4v) is 3.62. The first kappa shape index (κ1) is 17.6. The molecule has 1 aliphatic rings. The second-order valence-electron chi connectivity index (χ2n) is 7.35. The number of aryl methyl sites for hydroxylation is 3. The second-order valence-corrected chi connectivity index (χ2v) is 7.35. The molecule has 4 rings (SSSR count). The minimum Gasteiger partial charge on any atom is -0.362 e. The van der Waals surface area contributed by atoms with Crippen molar-refractivity contribution in [1.82, 2.24) is 19.9 Å². The van der Waals surface area contributed by atoms with Crippen LogP contribution in [-0.4, -0.2) is 47.1 Å². The normalized spacial score (nSPS) is 14.1. The van der Waals surface area contributed by atoms with E-state index >= 15 is 0 Å². The molecular formula is C21H26N6. The molecule has 0 bridgehead atoms. The molecule has 140 valence electrons. The summed E-state index contributed by atoms with van der Waals surface area (Å²) in [7, 11) is 4.04. The van der Waals surface area contributed by atoms with Gasteiger partial charge in [-0.3, -0.25) is 0 Å². The van der Waals surface area contributed by atoms with Gasteiger partial charge in [-0.15, -0.1) is 0 Å². The SMILES string of the molecule is Cc1cc(N2CCCC2)nc(CCc2nc(N(C)C)c3ccccc3n2)n1. The molecule has 3 aromatic rings. The van der Waals surface area contributed by atoms with Crippen LogP contribution < -0.4 is 9.80 Å². The Kier molecular flexibility index (Phi) is 4.88. The lowest BCUT2D eigenvalue weighted by atomic mass is 10.2. The Morgan fingerprint density at radius 3 is 2.37 bits per heavy atom. The Bertz CT molecular complexity index is 947. The molecule has 0 amide bonds. The number of rotatable bonds is 5. The van der Waals surface area contributed by atoms with Crippen molar-refractivity contribution in [2.75, 3.05) is 37.0 Å². The maximum atomic E-state index is 4.80. The van der Waals surface area contributed by atoms with Crippen LogP contribution in [0.5, 0.6) is 0 Å². The molecule has 1 aromatic carbocycles. The number of hydrogen-bond acceptors (Lipinski definition) is 6. The van der Waals surface area contributed by atoms with E-state index in [1.54, 1.807) is 0 Å². The summed E-state index contributed by atoms with van der Waals surface area (Å²) in [5.41, 5.74) is 2.00. The largest absolute Gasteiger partial charge is 0.362 e. The Hall–Kier alpha value is -2.76. The number of benzene rings is 1. The summed E-state index contributed by atoms with van der Waals surface area (Å²) in [5.74, 6) is 3.73. The van der Waals surface area contributed by atoms with E-state index in [0.29, 0.717) is 0 Å². The van der Waals surface area contributed by atoms with Gasteiger partial charge in [0.05, 0.1) is 5.52 Å². The standard InChI is InChI=1S/C21H26N6/c1-15-14-20(27-12-6-7-13-27)24-18(22-15)10-11-19-23-17-9-5-4-8-16(17)21(25-19)26(2)3/h4-5,8-9,14H,6-7,10-13H2,1-3H3. The molecule has 3 heterocycles. The van der Waals surface area contributed by atoms with Crippen molar-refractivity contribution < 1.29 is 0 Å². The van der Waals surface area contributed by atoms with Gasteiger partial charge in [0.25, 0.3) is 0 Å². The molecule has 27 heavy (non-hydrogen) atoms. The smallest absolute Gasteiger partial charge is 0.139 e. The van der Waals surface area contributed by atoms with Crippen molar-refractivity contribution in [2.45, 2.75) is 32.6 Å². The topological polar surface area (TPSA) is 58.0 Å². The monoisotopic (exact) mass is 362 g/mol. The summed E-state index contributed by atoms with van der Waals surface area (Å²) in [5, 5.41) is 1.08. The molecule has 0 spiro atoms. The fraction of sp³-hybridized carbons (Fsp3) is 0.429. The number of nitrogens with zero attached hydrogens (tertiary/aromatic N) is 6. The number of hydrogen-bond donors (Lipinski definition) is 0. The first-order valence-electron chi connectivity index (χ1n) is 9.62. The Balaban J connectivity index is 1.58. The van der Waals surface area contributed by atoms with Crippen LogP contribution in [0.4, 0.5) is 11.6 Å². The zero-order chi connectivity index (χ0) is 18.8. The molecule has 1 fully saturated rings. The molecule has 6 nitrogen and oxygen atoms in total. The first-order valence-corrected chi connectivity index (χ1v) is 9.62. The summed E-state index contributed by atoms with van der Waals surface area (Å²) in [6.45, 7) is 4.23. The molecule has 0 atom stereocenters. The van der Waals surface area contributed by atoms with Crippen LogP contribution in [0.15, 0.2) is 30.3 Å². The zero-order valence-electron chi connectivity index (χ0n) is 16.3. The van der Waals surface area contributed by atoms with Gasteiger partial charge in [-0.2, -0.15) is 0 Å². The molecule has 6 heteroatoms. The maximum absolute atomic E-state index is 4.80. The molecule has 0 N–H and O–H groups in total. The Labute approximate surface area is 160 Å². The number of para-hydroxylation sites is 1. The van der Waals surface area contributed by atoms with Crippen LogP contribution in [-0.2, 0) is 12.8 Å². The lowest BCUT2D eigenvalue weighted by molar-refractivity contribution is 0.791. The van der Waals surface area contributed by atoms with Gasteiger partial charge in [0, 0.05) is 57.2 Å². The predicted molar refractivity (Wildman–Crippen MR) is 109 cm³/mol. The molecule has 2 aromatic heterocycles. The van der Waals surface area contributed by atoms with Gasteiger partial charge in [-0.25, -0.2) is 19.9 Å². The Morgan fingerprint density at radius 1 is 0.926 bits per heavy atom. The van der Waals surface area contributed by atoms with Crippen LogP contribution in [0.2, 0.25) is 0 Å². The van der Waals surface area contributed by atoms with E-state index in [0.717, 1.165) is 65.8 Å². The first-order chi connectivity index (χ1) is 13.1. The van der Waals surface area contributed by atoms with E-state index in [9.17, 15) is 0 Å². The van der Waals surface area contributed by atoms with Crippen LogP contribution in [0.3, 0.4) is 0 Å². The summed E-state index contributed by atoms with van der Waals surface area (Å²) in [4.78, 5) is 23.4. The number of fused-ring (bicyclic) bond motifs is 1. The van der Waals surface area contributed by atoms with Gasteiger partial charge in [0.1, 0.15) is 23.3 Å². The van der Waals surface area contributed by atoms with Crippen LogP contribution in [0.25, 0.3) is 10.9 Å². The highest BCUT2D eigenvalue weighted by atomic mass is 15.2. The van der Waals surface area contributed by atoms with Gasteiger partial charge in [-0.1, -0.05) is 12.1 Å². The fourth-order valence-electron chi connectivity index (χ4n) is 3.62. The lowest BCUT2D eigenvalue weighted by Gasteiger charge is -2.17. The van der Waals surface area contributed by atoms with E-state index in [1.807, 2.05) is 44.1 Å². The average Bonchev–Trinajstić information content (AvgIpc) is 3.20. The van der Waals surface area contributed by atoms with Crippen molar-refractivity contribution in [2.24, 2.45) is 0 Å². The Morgan fingerprint density at radius 2 is 1.63 bits per heavy atom. The maximum Gasteiger partial charge on any atom is 0.139 e. The molecule has 0 unspecified atom stereocenters. The van der Waals surface area contributed by atoms with Crippen LogP contribution >= 0.6 is 0 Å². The van der Waals surface area contributed by atoms with E-state index in [4.69, 9.17) is 15.0 Å². The summed E-state index contributed by atoms with van der Waals surface area (Å²) < 4.78 is 0. The van der Waals surface area contributed by atoms with Gasteiger partial charge in [0.2, 0.25) is 0 Å². The highest BCUT2D eigenvalue weighted by Gasteiger charge is 2.15. The third-order valence-electron chi connectivity index (χ3n) is 4.94. The predicted octanol–water partition coefficient (Wildman–Crippen LogP) is 3.18. The zero-order valence-corrected chi connectivity index (χ0v) is 16.3. The summed E-state index contributed by atoms with van der Waals surface area (Å²) >= 11 is 0. The summed E-state index contributed by atoms with van der Waals surface area (Å²) in [6, 6.07) is 10.2. The lowest BCUT2D eigenvalue weighted by Crippen LogP contribution is -2.20. The van der Waals surface area contributed by atoms with Crippen molar-refractivity contribution >= 4 is 22.5 Å². The quantitative estimate of drug-likeness (QED) is 0.695. The summed E-state index contributed by atoms with van der Waals surface area (Å²) in [6.07, 6.45) is 3.97. The highest BCUT2D eigenvalue weighted by Crippen LogP contribution is 2.23. The highest BCUT2D eigenvalue weighted by molar-refractivity contribution is 5.89. The minimum absolute atomic E-state index is 0.731.